The number of carbonyl (C=O) groups is 2. The fraction of sp³-hybridized carbons (Fsp3) is 0.286. The van der Waals surface area contributed by atoms with E-state index < -0.39 is 34.3 Å². The van der Waals surface area contributed by atoms with Gasteiger partial charge in [0.25, 0.3) is 0 Å². The molecule has 0 aliphatic rings. The number of fused-ring (bicyclic) bond motifs is 2. The number of benzene rings is 2. The van der Waals surface area contributed by atoms with Gasteiger partial charge in [-0.25, -0.2) is 9.59 Å². The molecule has 11 heteroatoms. The molecule has 0 unspecified atom stereocenters. The molecule has 0 spiro atoms. The van der Waals surface area contributed by atoms with Gasteiger partial charge in [0.2, 0.25) is 11.5 Å². The van der Waals surface area contributed by atoms with Crippen LogP contribution in [0.25, 0.3) is 21.9 Å². The predicted octanol–water partition coefficient (Wildman–Crippen LogP) is 4.27. The molecule has 4 rings (SSSR count). The summed E-state index contributed by atoms with van der Waals surface area (Å²) in [7, 11) is 0. The van der Waals surface area contributed by atoms with E-state index in [1.807, 2.05) is 0 Å². The summed E-state index contributed by atoms with van der Waals surface area (Å²) in [6, 6.07) is 11.6. The molecule has 0 fully saturated rings. The smallest absolute Gasteiger partial charge is 0.371 e. The van der Waals surface area contributed by atoms with Gasteiger partial charge < -0.3 is 34.0 Å². The molecule has 39 heavy (non-hydrogen) atoms. The molecule has 4 N–H and O–H groups in total. The fourth-order valence-electron chi connectivity index (χ4n) is 4.08. The quantitative estimate of drug-likeness (QED) is 0.232. The number of carboxylic acids is 2. The van der Waals surface area contributed by atoms with Gasteiger partial charge in [-0.15, -0.1) is 0 Å². The van der Waals surface area contributed by atoms with Crippen LogP contribution < -0.4 is 20.3 Å². The van der Waals surface area contributed by atoms with E-state index in [1.165, 1.54) is 12.1 Å². The van der Waals surface area contributed by atoms with Crippen molar-refractivity contribution in [3.8, 4) is 11.5 Å². The Morgan fingerprint density at radius 2 is 1.03 bits per heavy atom. The zero-order valence-corrected chi connectivity index (χ0v) is 20.9. The molecule has 2 heterocycles. The molecule has 4 aromatic rings. The number of rotatable bonds is 13. The third-order valence-electron chi connectivity index (χ3n) is 5.91. The minimum Gasteiger partial charge on any atom is -0.493 e. The van der Waals surface area contributed by atoms with Gasteiger partial charge in [-0.1, -0.05) is 37.8 Å². The van der Waals surface area contributed by atoms with Gasteiger partial charge >= 0.3 is 11.9 Å². The maximum absolute atomic E-state index is 12.3. The second-order valence-electron chi connectivity index (χ2n) is 8.64. The van der Waals surface area contributed by atoms with Crippen molar-refractivity contribution < 1.29 is 43.6 Å². The van der Waals surface area contributed by atoms with E-state index in [2.05, 4.69) is 0 Å². The lowest BCUT2D eigenvalue weighted by Gasteiger charge is -2.09. The van der Waals surface area contributed by atoms with Crippen LogP contribution in [0.5, 0.6) is 11.5 Å². The standard InChI is InChI=1S/C28H26O10.H2O/c29-17-15-23(27(31)32)37-21-11-7-9-19(25(17)21)35-13-5-3-1-2-4-6-14-36-20-10-8-12-22-26(20)18(30)16-24(38-22)28(33)34;/h7-12,15-16H,1-6,13-14H2,(H,31,32)(H,33,34);1H2. The van der Waals surface area contributed by atoms with Crippen LogP contribution in [0.3, 0.4) is 0 Å². The maximum atomic E-state index is 12.3. The van der Waals surface area contributed by atoms with E-state index in [-0.39, 0.29) is 27.4 Å². The van der Waals surface area contributed by atoms with Crippen molar-refractivity contribution in [1.29, 1.82) is 0 Å². The third kappa shape index (κ3) is 7.02. The van der Waals surface area contributed by atoms with Crippen LogP contribution in [0.1, 0.15) is 59.6 Å². The Morgan fingerprint density at radius 3 is 1.41 bits per heavy atom. The molecule has 0 aliphatic heterocycles. The topological polar surface area (TPSA) is 185 Å². The molecule has 2 aromatic heterocycles. The highest BCUT2D eigenvalue weighted by molar-refractivity contribution is 5.90. The molecule has 2 aromatic carbocycles. The number of aromatic carboxylic acids is 2. The normalized spacial score (nSPS) is 10.8. The van der Waals surface area contributed by atoms with Gasteiger partial charge in [0.05, 0.1) is 13.2 Å². The lowest BCUT2D eigenvalue weighted by Crippen LogP contribution is -2.08. The van der Waals surface area contributed by atoms with Crippen LogP contribution in [0.15, 0.2) is 67.0 Å². The Morgan fingerprint density at radius 1 is 0.641 bits per heavy atom. The monoisotopic (exact) mass is 540 g/mol. The first kappa shape index (κ1) is 28.9. The molecule has 0 saturated carbocycles. The third-order valence-corrected chi connectivity index (χ3v) is 5.91. The van der Waals surface area contributed by atoms with Gasteiger partial charge in [0.15, 0.2) is 10.9 Å². The zero-order chi connectivity index (χ0) is 27.1. The molecular formula is C28H28O11. The Labute approximate surface area is 221 Å². The zero-order valence-electron chi connectivity index (χ0n) is 20.9. The van der Waals surface area contributed by atoms with Gasteiger partial charge in [-0.3, -0.25) is 9.59 Å². The van der Waals surface area contributed by atoms with E-state index in [4.69, 9.17) is 28.5 Å². The van der Waals surface area contributed by atoms with Crippen LogP contribution >= 0.6 is 0 Å². The SMILES string of the molecule is O.O=C(O)c1cc(=O)c2c(OCCCCCCCCOc3cccc4oc(C(=O)O)cc(=O)c34)cccc2o1. The molecular weight excluding hydrogens is 512 g/mol. The van der Waals surface area contributed by atoms with Crippen LogP contribution in [0.2, 0.25) is 0 Å². The number of hydrogen-bond acceptors (Lipinski definition) is 8. The summed E-state index contributed by atoms with van der Waals surface area (Å²) in [6.45, 7) is 0.825. The second kappa shape index (κ2) is 13.2. The van der Waals surface area contributed by atoms with E-state index in [1.54, 1.807) is 24.3 Å². The van der Waals surface area contributed by atoms with Gasteiger partial charge in [-0.2, -0.15) is 0 Å². The van der Waals surface area contributed by atoms with E-state index in [9.17, 15) is 19.2 Å². The summed E-state index contributed by atoms with van der Waals surface area (Å²) in [5.41, 5.74) is -0.584. The van der Waals surface area contributed by atoms with Crippen LogP contribution in [-0.2, 0) is 0 Å². The average Bonchev–Trinajstić information content (AvgIpc) is 2.89. The first-order valence-corrected chi connectivity index (χ1v) is 12.2. The van der Waals surface area contributed by atoms with Crippen molar-refractivity contribution in [3.63, 3.8) is 0 Å². The number of hydrogen-bond donors (Lipinski definition) is 2. The highest BCUT2D eigenvalue weighted by atomic mass is 16.5. The van der Waals surface area contributed by atoms with Gasteiger partial charge in [0, 0.05) is 12.1 Å². The average molecular weight is 541 g/mol. The highest BCUT2D eigenvalue weighted by Crippen LogP contribution is 2.25. The lowest BCUT2D eigenvalue weighted by atomic mass is 10.1. The molecule has 0 amide bonds. The molecule has 11 nitrogen and oxygen atoms in total. The van der Waals surface area contributed by atoms with E-state index >= 15 is 0 Å². The molecule has 206 valence electrons. The van der Waals surface area contributed by atoms with Gasteiger partial charge in [0.1, 0.15) is 33.4 Å². The first-order valence-electron chi connectivity index (χ1n) is 12.2. The van der Waals surface area contributed by atoms with Crippen molar-refractivity contribution in [2.75, 3.05) is 13.2 Å². The summed E-state index contributed by atoms with van der Waals surface area (Å²) in [4.78, 5) is 46.9. The summed E-state index contributed by atoms with van der Waals surface area (Å²) in [6.07, 6.45) is 5.40. The predicted molar refractivity (Wildman–Crippen MR) is 141 cm³/mol. The highest BCUT2D eigenvalue weighted by Gasteiger charge is 2.15. The lowest BCUT2D eigenvalue weighted by molar-refractivity contribution is 0.0653. The first-order chi connectivity index (χ1) is 18.3. The number of unbranched alkanes of at least 4 members (excludes halogenated alkanes) is 5. The number of ether oxygens (including phenoxy) is 2. The molecule has 0 radical (unpaired) electrons. The van der Waals surface area contributed by atoms with Crippen molar-refractivity contribution in [3.05, 3.63) is 80.5 Å². The Balaban J connectivity index is 0.00000420. The number of carboxylic acid groups (broad SMARTS) is 2. The Hall–Kier alpha value is -4.64. The Bertz CT molecular complexity index is 1460. The Kier molecular flexibility index (Phi) is 9.82. The van der Waals surface area contributed by atoms with Crippen LogP contribution in [-0.4, -0.2) is 40.8 Å². The minimum atomic E-state index is -1.31. The van der Waals surface area contributed by atoms with E-state index in [0.29, 0.717) is 24.7 Å². The summed E-state index contributed by atoms with van der Waals surface area (Å²) < 4.78 is 22.1. The maximum Gasteiger partial charge on any atom is 0.371 e. The molecule has 0 aliphatic carbocycles. The van der Waals surface area contributed by atoms with Crippen molar-refractivity contribution in [2.45, 2.75) is 38.5 Å². The minimum absolute atomic E-state index is 0. The van der Waals surface area contributed by atoms with Crippen molar-refractivity contribution >= 4 is 33.9 Å². The van der Waals surface area contributed by atoms with Crippen molar-refractivity contribution in [2.24, 2.45) is 0 Å². The second-order valence-corrected chi connectivity index (χ2v) is 8.64. The van der Waals surface area contributed by atoms with Crippen LogP contribution in [0, 0.1) is 0 Å². The molecule has 0 saturated heterocycles. The summed E-state index contributed by atoms with van der Waals surface area (Å²) in [5.74, 6) is -2.71. The molecule has 0 bridgehead atoms. The molecule has 0 atom stereocenters. The van der Waals surface area contributed by atoms with Gasteiger partial charge in [-0.05, 0) is 37.1 Å². The van der Waals surface area contributed by atoms with E-state index in [0.717, 1.165) is 50.7 Å². The fourth-order valence-corrected chi connectivity index (χ4v) is 4.08. The summed E-state index contributed by atoms with van der Waals surface area (Å²) in [5, 5.41) is 18.6. The largest absolute Gasteiger partial charge is 0.493 e. The van der Waals surface area contributed by atoms with Crippen molar-refractivity contribution in [1.82, 2.24) is 0 Å². The summed E-state index contributed by atoms with van der Waals surface area (Å²) >= 11 is 0. The van der Waals surface area contributed by atoms with Crippen LogP contribution in [0.4, 0.5) is 0 Å².